The fourth-order valence-corrected chi connectivity index (χ4v) is 3.28. The van der Waals surface area contributed by atoms with Crippen molar-refractivity contribution in [1.29, 1.82) is 0 Å². The number of hydrogen-bond donors (Lipinski definition) is 2. The van der Waals surface area contributed by atoms with Crippen LogP contribution in [0.1, 0.15) is 57.2 Å². The topological polar surface area (TPSA) is 115 Å². The lowest BCUT2D eigenvalue weighted by Gasteiger charge is -2.17. The molecule has 1 amide bonds. The van der Waals surface area contributed by atoms with Crippen molar-refractivity contribution >= 4 is 23.4 Å². The molecule has 0 radical (unpaired) electrons. The maximum Gasteiger partial charge on any atom is 0.357 e. The first-order valence-electron chi connectivity index (χ1n) is 9.96. The largest absolute Gasteiger partial charge is 0.493 e. The summed E-state index contributed by atoms with van der Waals surface area (Å²) < 4.78 is 10.6. The number of allylic oxidation sites excluding steroid dienone is 1. The molecular weight excluding hydrogens is 412 g/mol. The van der Waals surface area contributed by atoms with E-state index in [2.05, 4.69) is 23.5 Å². The Morgan fingerprint density at radius 3 is 2.53 bits per heavy atom. The van der Waals surface area contributed by atoms with Gasteiger partial charge in [-0.1, -0.05) is 6.08 Å². The zero-order chi connectivity index (χ0) is 23.8. The number of pyridine rings is 1. The van der Waals surface area contributed by atoms with E-state index in [0.29, 0.717) is 30.0 Å². The Labute approximate surface area is 186 Å². The molecule has 0 aliphatic carbocycles. The maximum atomic E-state index is 12.8. The second kappa shape index (κ2) is 10.9. The summed E-state index contributed by atoms with van der Waals surface area (Å²) in [6.45, 7) is 10.6. The van der Waals surface area contributed by atoms with Gasteiger partial charge in [0.2, 0.25) is 0 Å². The Hall–Kier alpha value is -3.94. The van der Waals surface area contributed by atoms with Gasteiger partial charge in [0.15, 0.2) is 5.69 Å². The van der Waals surface area contributed by atoms with Crippen molar-refractivity contribution in [3.63, 3.8) is 0 Å². The van der Waals surface area contributed by atoms with Gasteiger partial charge in [0, 0.05) is 35.2 Å². The number of methoxy groups -OCH3 is 1. The molecule has 0 atom stereocenters. The fraction of sp³-hybridized carbons (Fsp3) is 0.250. The quantitative estimate of drug-likeness (QED) is 0.536. The number of aromatic carboxylic acids is 1. The van der Waals surface area contributed by atoms with Gasteiger partial charge >= 0.3 is 11.9 Å². The molecule has 168 valence electrons. The highest BCUT2D eigenvalue weighted by Gasteiger charge is 2.25. The Kier molecular flexibility index (Phi) is 8.29. The molecule has 8 heteroatoms. The third-order valence-corrected chi connectivity index (χ3v) is 4.74. The number of ether oxygens (including phenoxy) is 2. The van der Waals surface area contributed by atoms with Crippen LogP contribution in [0.4, 0.5) is 0 Å². The molecule has 1 aliphatic heterocycles. The molecule has 0 spiro atoms. The highest BCUT2D eigenvalue weighted by molar-refractivity contribution is 6.06. The number of carbonyl (C=O) groups is 3. The molecule has 1 aromatic heterocycles. The molecule has 2 heterocycles. The number of amides is 1. The molecular formula is C24H26N2O6. The summed E-state index contributed by atoms with van der Waals surface area (Å²) in [5.41, 5.74) is 2.28. The van der Waals surface area contributed by atoms with Gasteiger partial charge in [-0.05, 0) is 43.7 Å². The molecule has 0 fully saturated rings. The van der Waals surface area contributed by atoms with E-state index >= 15 is 0 Å². The van der Waals surface area contributed by atoms with Gasteiger partial charge in [0.25, 0.3) is 5.91 Å². The summed E-state index contributed by atoms with van der Waals surface area (Å²) in [4.78, 5) is 40.5. The van der Waals surface area contributed by atoms with Crippen molar-refractivity contribution in [3.05, 3.63) is 66.0 Å². The van der Waals surface area contributed by atoms with E-state index < -0.39 is 11.9 Å². The molecule has 0 saturated heterocycles. The summed E-state index contributed by atoms with van der Waals surface area (Å²) in [6, 6.07) is 6.14. The van der Waals surface area contributed by atoms with Crippen LogP contribution in [0.15, 0.2) is 43.5 Å². The minimum atomic E-state index is -1.28. The molecule has 8 nitrogen and oxygen atoms in total. The predicted molar refractivity (Wildman–Crippen MR) is 121 cm³/mol. The lowest BCUT2D eigenvalue weighted by Crippen LogP contribution is -2.24. The smallest absolute Gasteiger partial charge is 0.357 e. The summed E-state index contributed by atoms with van der Waals surface area (Å²) >= 11 is 0. The Morgan fingerprint density at radius 1 is 1.19 bits per heavy atom. The zero-order valence-corrected chi connectivity index (χ0v) is 18.4. The molecule has 2 N–H and O–H groups in total. The summed E-state index contributed by atoms with van der Waals surface area (Å²) in [5.74, 6) is -1.84. The van der Waals surface area contributed by atoms with E-state index in [9.17, 15) is 19.5 Å². The molecule has 1 aliphatic rings. The van der Waals surface area contributed by atoms with Crippen LogP contribution >= 0.6 is 0 Å². The first-order chi connectivity index (χ1) is 15.4. The molecule has 0 bridgehead atoms. The van der Waals surface area contributed by atoms with Crippen molar-refractivity contribution in [2.75, 3.05) is 20.3 Å². The van der Waals surface area contributed by atoms with Crippen LogP contribution in [0.3, 0.4) is 0 Å². The number of esters is 1. The van der Waals surface area contributed by atoms with Crippen LogP contribution in [0.5, 0.6) is 5.75 Å². The van der Waals surface area contributed by atoms with Crippen LogP contribution in [0.2, 0.25) is 0 Å². The van der Waals surface area contributed by atoms with Crippen LogP contribution in [-0.2, 0) is 4.74 Å². The van der Waals surface area contributed by atoms with E-state index in [-0.39, 0.29) is 22.9 Å². The first-order valence-corrected chi connectivity index (χ1v) is 9.96. The second-order valence-corrected chi connectivity index (χ2v) is 6.67. The van der Waals surface area contributed by atoms with Gasteiger partial charge < -0.3 is 19.9 Å². The van der Waals surface area contributed by atoms with Gasteiger partial charge in [-0.15, -0.1) is 13.2 Å². The van der Waals surface area contributed by atoms with Crippen molar-refractivity contribution in [2.24, 2.45) is 0 Å². The molecule has 32 heavy (non-hydrogen) atoms. The molecule has 0 unspecified atom stereocenters. The molecule has 3 rings (SSSR count). The number of fused-ring (bicyclic) bond motifs is 1. The van der Waals surface area contributed by atoms with Crippen molar-refractivity contribution in [2.45, 2.75) is 20.3 Å². The SMILES string of the molecule is C=C.CCNC(=O)c1cc2c(cc1-c1ccc(C(=O)O)nc1C(=O)OC)OCCC=C2C. The Morgan fingerprint density at radius 2 is 1.91 bits per heavy atom. The van der Waals surface area contributed by atoms with Crippen LogP contribution in [-0.4, -0.2) is 48.2 Å². The summed E-state index contributed by atoms with van der Waals surface area (Å²) in [7, 11) is 1.18. The Balaban J connectivity index is 0.00000176. The third-order valence-electron chi connectivity index (χ3n) is 4.74. The number of carbonyl (C=O) groups excluding carboxylic acids is 2. The number of aromatic nitrogens is 1. The second-order valence-electron chi connectivity index (χ2n) is 6.67. The number of carboxylic acids is 1. The van der Waals surface area contributed by atoms with E-state index in [1.165, 1.54) is 19.2 Å². The minimum Gasteiger partial charge on any atom is -0.493 e. The van der Waals surface area contributed by atoms with Crippen LogP contribution in [0, 0.1) is 0 Å². The normalized spacial score (nSPS) is 12.0. The van der Waals surface area contributed by atoms with Crippen LogP contribution < -0.4 is 10.1 Å². The lowest BCUT2D eigenvalue weighted by molar-refractivity contribution is 0.0594. The molecule has 2 aromatic rings. The van der Waals surface area contributed by atoms with E-state index in [1.807, 2.05) is 13.0 Å². The van der Waals surface area contributed by atoms with Gasteiger partial charge in [0.1, 0.15) is 11.4 Å². The fourth-order valence-electron chi connectivity index (χ4n) is 3.28. The van der Waals surface area contributed by atoms with E-state index in [4.69, 9.17) is 9.47 Å². The molecule has 1 aromatic carbocycles. The number of rotatable bonds is 5. The van der Waals surface area contributed by atoms with Crippen molar-refractivity contribution < 1.29 is 29.0 Å². The average Bonchev–Trinajstić information content (AvgIpc) is 2.99. The first kappa shape index (κ1) is 24.3. The number of benzene rings is 1. The number of nitrogens with zero attached hydrogens (tertiary/aromatic N) is 1. The molecule has 0 saturated carbocycles. The maximum absolute atomic E-state index is 12.8. The standard InChI is InChI=1S/C22H22N2O6.C2H4/c1-4-23-20(25)16-10-14-12(2)6-5-9-30-18(14)11-15(16)13-7-8-17(21(26)27)24-19(13)22(28)29-3;1-2/h6-8,10-11H,4-5,9H2,1-3H3,(H,23,25)(H,26,27);1-2H2. The van der Waals surface area contributed by atoms with Crippen molar-refractivity contribution in [3.8, 4) is 16.9 Å². The van der Waals surface area contributed by atoms with Gasteiger partial charge in [0.05, 0.1) is 13.7 Å². The number of nitrogens with one attached hydrogen (secondary N) is 1. The van der Waals surface area contributed by atoms with Gasteiger partial charge in [-0.2, -0.15) is 0 Å². The third kappa shape index (κ3) is 5.03. The summed E-state index contributed by atoms with van der Waals surface area (Å²) in [5, 5.41) is 12.0. The van der Waals surface area contributed by atoms with Crippen molar-refractivity contribution in [1.82, 2.24) is 10.3 Å². The van der Waals surface area contributed by atoms with Gasteiger partial charge in [-0.25, -0.2) is 14.6 Å². The number of carboxylic acid groups (broad SMARTS) is 1. The number of hydrogen-bond acceptors (Lipinski definition) is 6. The van der Waals surface area contributed by atoms with Gasteiger partial charge in [-0.3, -0.25) is 4.79 Å². The highest BCUT2D eigenvalue weighted by atomic mass is 16.5. The Bertz CT molecular complexity index is 1070. The zero-order valence-electron chi connectivity index (χ0n) is 18.4. The average molecular weight is 438 g/mol. The highest BCUT2D eigenvalue weighted by Crippen LogP contribution is 2.37. The van der Waals surface area contributed by atoms with E-state index in [1.54, 1.807) is 19.1 Å². The van der Waals surface area contributed by atoms with E-state index in [0.717, 1.165) is 17.6 Å². The monoisotopic (exact) mass is 438 g/mol. The lowest BCUT2D eigenvalue weighted by atomic mass is 9.92. The minimum absolute atomic E-state index is 0.191. The van der Waals surface area contributed by atoms with Crippen LogP contribution in [0.25, 0.3) is 16.7 Å². The predicted octanol–water partition coefficient (Wildman–Crippen LogP) is 3.97. The summed E-state index contributed by atoms with van der Waals surface area (Å²) in [6.07, 6.45) is 2.77.